The van der Waals surface area contributed by atoms with Crippen LogP contribution in [0.25, 0.3) is 6.08 Å². The number of allylic oxidation sites excluding steroid dienone is 1. The lowest BCUT2D eigenvalue weighted by atomic mass is 10.00. The van der Waals surface area contributed by atoms with Crippen LogP contribution in [0.4, 0.5) is 10.1 Å². The Bertz CT molecular complexity index is 1330. The monoisotopic (exact) mass is 536 g/mol. The van der Waals surface area contributed by atoms with Gasteiger partial charge in [-0.3, -0.25) is 15.5 Å². The van der Waals surface area contributed by atoms with E-state index in [4.69, 9.17) is 28.6 Å². The van der Waals surface area contributed by atoms with Crippen LogP contribution in [0.2, 0.25) is 10.0 Å². The Balaban J connectivity index is 1.84. The van der Waals surface area contributed by atoms with Crippen molar-refractivity contribution < 1.29 is 22.9 Å². The van der Waals surface area contributed by atoms with E-state index in [2.05, 4.69) is 0 Å². The number of carbonyl (C=O) groups excluding carboxylic acids is 1. The molecule has 2 aliphatic rings. The van der Waals surface area contributed by atoms with Crippen molar-refractivity contribution in [3.05, 3.63) is 80.7 Å². The van der Waals surface area contributed by atoms with E-state index in [1.807, 2.05) is 0 Å². The summed E-state index contributed by atoms with van der Waals surface area (Å²) in [6, 6.07) is 10.6. The van der Waals surface area contributed by atoms with E-state index in [0.29, 0.717) is 45.7 Å². The SMILES string of the molecule is N=C(C(=O)N1CCCCC1)C1=C([NH2+]c2ccc(Cl)cc2Cl)C(=Cc2ccc(F)cc2)CS(=O)(=O)C1. The number of quaternary nitrogens is 1. The van der Waals surface area contributed by atoms with Gasteiger partial charge in [-0.05, 0) is 55.2 Å². The van der Waals surface area contributed by atoms with Crippen molar-refractivity contribution in [2.75, 3.05) is 24.6 Å². The number of nitrogens with one attached hydrogen (secondary N) is 1. The summed E-state index contributed by atoms with van der Waals surface area (Å²) in [6.07, 6.45) is 4.37. The molecule has 1 fully saturated rings. The number of sulfone groups is 1. The lowest BCUT2D eigenvalue weighted by Gasteiger charge is -2.28. The van der Waals surface area contributed by atoms with E-state index >= 15 is 0 Å². The molecule has 10 heteroatoms. The number of piperidine rings is 1. The van der Waals surface area contributed by atoms with E-state index < -0.39 is 27.3 Å². The highest BCUT2D eigenvalue weighted by atomic mass is 35.5. The van der Waals surface area contributed by atoms with E-state index in [-0.39, 0.29) is 17.0 Å². The molecule has 0 bridgehead atoms. The van der Waals surface area contributed by atoms with E-state index in [9.17, 15) is 17.6 Å². The summed E-state index contributed by atoms with van der Waals surface area (Å²) in [5.74, 6) is -1.60. The van der Waals surface area contributed by atoms with Crippen molar-refractivity contribution in [2.24, 2.45) is 0 Å². The molecule has 0 saturated carbocycles. The first kappa shape index (κ1) is 25.6. The first-order chi connectivity index (χ1) is 16.6. The molecule has 1 saturated heterocycles. The molecule has 0 spiro atoms. The van der Waals surface area contributed by atoms with Gasteiger partial charge in [-0.25, -0.2) is 12.8 Å². The van der Waals surface area contributed by atoms with E-state index in [1.165, 1.54) is 12.1 Å². The van der Waals surface area contributed by atoms with Crippen LogP contribution in [-0.4, -0.2) is 49.5 Å². The highest BCUT2D eigenvalue weighted by Gasteiger charge is 2.36. The van der Waals surface area contributed by atoms with Crippen LogP contribution in [0, 0.1) is 11.2 Å². The Hall–Kier alpha value is -2.52. The van der Waals surface area contributed by atoms with Crippen LogP contribution in [0.5, 0.6) is 0 Å². The van der Waals surface area contributed by atoms with Crippen molar-refractivity contribution in [1.82, 2.24) is 4.90 Å². The van der Waals surface area contributed by atoms with Crippen molar-refractivity contribution in [3.8, 4) is 0 Å². The fourth-order valence-corrected chi connectivity index (χ4v) is 6.30. The van der Waals surface area contributed by atoms with Crippen molar-refractivity contribution in [2.45, 2.75) is 19.3 Å². The van der Waals surface area contributed by atoms with Crippen molar-refractivity contribution in [1.29, 1.82) is 5.41 Å². The second-order valence-corrected chi connectivity index (χ2v) is 11.6. The minimum absolute atomic E-state index is 0.131. The third-order valence-corrected chi connectivity index (χ3v) is 8.08. The number of amides is 1. The van der Waals surface area contributed by atoms with Gasteiger partial charge in [-0.15, -0.1) is 0 Å². The third kappa shape index (κ3) is 6.19. The second-order valence-electron chi connectivity index (χ2n) is 8.68. The lowest BCUT2D eigenvalue weighted by Crippen LogP contribution is -2.77. The first-order valence-corrected chi connectivity index (χ1v) is 13.8. The van der Waals surface area contributed by atoms with Gasteiger partial charge in [-0.2, -0.15) is 0 Å². The molecule has 3 N–H and O–H groups in total. The number of hydrogen-bond donors (Lipinski definition) is 2. The van der Waals surface area contributed by atoms with Crippen LogP contribution >= 0.6 is 23.2 Å². The molecule has 2 aromatic rings. The van der Waals surface area contributed by atoms with Crippen LogP contribution < -0.4 is 5.32 Å². The molecule has 0 aliphatic carbocycles. The highest BCUT2D eigenvalue weighted by molar-refractivity contribution is 7.91. The normalized spacial score (nSPS) is 19.2. The number of nitrogens with two attached hydrogens (primary N) is 1. The second kappa shape index (κ2) is 10.6. The zero-order chi connectivity index (χ0) is 25.2. The van der Waals surface area contributed by atoms with E-state index in [0.717, 1.165) is 19.3 Å². The Morgan fingerprint density at radius 3 is 2.37 bits per heavy atom. The summed E-state index contributed by atoms with van der Waals surface area (Å²) in [5.41, 5.74) is 1.82. The topological polar surface area (TPSA) is 94.9 Å². The van der Waals surface area contributed by atoms with Gasteiger partial charge in [0.2, 0.25) is 0 Å². The van der Waals surface area contributed by atoms with Gasteiger partial charge in [0.25, 0.3) is 5.91 Å². The Labute approximate surface area is 213 Å². The maximum atomic E-state index is 13.4. The third-order valence-electron chi connectivity index (χ3n) is 6.04. The highest BCUT2D eigenvalue weighted by Crippen LogP contribution is 2.28. The summed E-state index contributed by atoms with van der Waals surface area (Å²) in [5, 5.41) is 11.2. The zero-order valence-corrected chi connectivity index (χ0v) is 21.2. The molecule has 2 aromatic carbocycles. The van der Waals surface area contributed by atoms with Gasteiger partial charge in [-0.1, -0.05) is 35.3 Å². The van der Waals surface area contributed by atoms with Crippen LogP contribution in [0.15, 0.2) is 59.3 Å². The molecule has 0 atom stereocenters. The molecule has 0 aromatic heterocycles. The van der Waals surface area contributed by atoms with Crippen LogP contribution in [0.1, 0.15) is 24.8 Å². The number of likely N-dealkylation sites (tertiary alicyclic amines) is 1. The maximum absolute atomic E-state index is 13.4. The van der Waals surface area contributed by atoms with Gasteiger partial charge in [0.15, 0.2) is 15.5 Å². The Morgan fingerprint density at radius 1 is 1.03 bits per heavy atom. The predicted molar refractivity (Wildman–Crippen MR) is 136 cm³/mol. The molecule has 6 nitrogen and oxygen atoms in total. The number of carbonyl (C=O) groups is 1. The number of nitrogens with zero attached hydrogens (tertiary/aromatic N) is 1. The Morgan fingerprint density at radius 2 is 1.71 bits per heavy atom. The lowest BCUT2D eigenvalue weighted by molar-refractivity contribution is -0.514. The van der Waals surface area contributed by atoms with Crippen molar-refractivity contribution in [3.63, 3.8) is 0 Å². The smallest absolute Gasteiger partial charge is 0.272 e. The number of rotatable bonds is 5. The summed E-state index contributed by atoms with van der Waals surface area (Å²) in [4.78, 5) is 14.8. The number of hydrogen-bond acceptors (Lipinski definition) is 4. The molecule has 0 radical (unpaired) electrons. The summed E-state index contributed by atoms with van der Waals surface area (Å²) < 4.78 is 39.3. The summed E-state index contributed by atoms with van der Waals surface area (Å²) >= 11 is 12.4. The van der Waals surface area contributed by atoms with Gasteiger partial charge < -0.3 is 4.90 Å². The number of benzene rings is 2. The predicted octanol–water partition coefficient (Wildman–Crippen LogP) is 4.13. The largest absolute Gasteiger partial charge is 0.337 e. The molecule has 4 rings (SSSR count). The minimum atomic E-state index is -3.65. The molecule has 184 valence electrons. The minimum Gasteiger partial charge on any atom is -0.337 e. The molecular weight excluding hydrogens is 512 g/mol. The van der Waals surface area contributed by atoms with Gasteiger partial charge in [0.05, 0.1) is 17.1 Å². The van der Waals surface area contributed by atoms with Gasteiger partial charge in [0, 0.05) is 29.8 Å². The maximum Gasteiger partial charge on any atom is 0.272 e. The molecule has 35 heavy (non-hydrogen) atoms. The zero-order valence-electron chi connectivity index (χ0n) is 18.9. The van der Waals surface area contributed by atoms with Crippen molar-refractivity contribution >= 4 is 56.4 Å². The van der Waals surface area contributed by atoms with Gasteiger partial charge >= 0.3 is 0 Å². The number of halogens is 3. The molecule has 2 aliphatic heterocycles. The summed E-state index contributed by atoms with van der Waals surface area (Å²) in [7, 11) is -3.65. The molecule has 0 unspecified atom stereocenters. The molecular formula is C25H25Cl2FN3O3S+. The average molecular weight is 537 g/mol. The quantitative estimate of drug-likeness (QED) is 0.444. The average Bonchev–Trinajstić information content (AvgIpc) is 2.82. The molecule has 1 amide bonds. The Kier molecular flexibility index (Phi) is 7.76. The first-order valence-electron chi connectivity index (χ1n) is 11.2. The fourth-order valence-electron chi connectivity index (χ4n) is 4.28. The summed E-state index contributed by atoms with van der Waals surface area (Å²) in [6.45, 7) is 1.09. The van der Waals surface area contributed by atoms with E-state index in [1.54, 1.807) is 46.6 Å². The molecule has 2 heterocycles. The van der Waals surface area contributed by atoms with Crippen LogP contribution in [0.3, 0.4) is 0 Å². The standard InChI is InChI=1S/C25H24Cl2FN3O3S/c26-18-6-9-22(21(27)13-18)30-24-17(12-16-4-7-19(28)8-5-16)14-35(33,34)15-20(24)23(29)25(32)31-10-2-1-3-11-31/h4-9,12-13,29-30H,1-3,10-11,14-15H2/p+1. The van der Waals surface area contributed by atoms with Gasteiger partial charge in [0.1, 0.15) is 22.2 Å². The fraction of sp³-hybridized carbons (Fsp3) is 0.280. The van der Waals surface area contributed by atoms with Crippen LogP contribution in [-0.2, 0) is 14.6 Å².